The van der Waals surface area contributed by atoms with Gasteiger partial charge in [0.25, 0.3) is 10.0 Å². The first-order chi connectivity index (χ1) is 19.5. The van der Waals surface area contributed by atoms with Gasteiger partial charge >= 0.3 is 0 Å². The van der Waals surface area contributed by atoms with Gasteiger partial charge < -0.3 is 10.4 Å². The summed E-state index contributed by atoms with van der Waals surface area (Å²) >= 11 is 0. The largest absolute Gasteiger partial charge is 0.387 e. The molecule has 40 heavy (non-hydrogen) atoms. The summed E-state index contributed by atoms with van der Waals surface area (Å²) in [6.45, 7) is 1.11. The van der Waals surface area contributed by atoms with Gasteiger partial charge in [0.15, 0.2) is 5.82 Å². The van der Waals surface area contributed by atoms with Crippen molar-refractivity contribution in [2.24, 2.45) is 5.92 Å². The Morgan fingerprint density at radius 3 is 2.50 bits per heavy atom. The summed E-state index contributed by atoms with van der Waals surface area (Å²) in [5, 5.41) is 26.2. The number of pyridine rings is 1. The molecule has 4 aromatic rings. The van der Waals surface area contributed by atoms with Crippen LogP contribution in [-0.2, 0) is 22.9 Å². The van der Waals surface area contributed by atoms with Crippen LogP contribution in [0.5, 0.6) is 0 Å². The molecule has 1 aliphatic carbocycles. The number of aryl methyl sites for hydroxylation is 1. The lowest BCUT2D eigenvalue weighted by atomic mass is 10.0. The van der Waals surface area contributed by atoms with E-state index in [4.69, 9.17) is 0 Å². The highest BCUT2D eigenvalue weighted by Gasteiger charge is 2.17. The van der Waals surface area contributed by atoms with E-state index in [2.05, 4.69) is 30.4 Å². The minimum Gasteiger partial charge on any atom is -0.387 e. The normalized spacial score (nSPS) is 14.8. The van der Waals surface area contributed by atoms with Gasteiger partial charge in [0.2, 0.25) is 0 Å². The third-order valence-corrected chi connectivity index (χ3v) is 8.68. The highest BCUT2D eigenvalue weighted by molar-refractivity contribution is 7.92. The highest BCUT2D eigenvalue weighted by atomic mass is 32.2. The van der Waals surface area contributed by atoms with E-state index >= 15 is 0 Å². The van der Waals surface area contributed by atoms with Crippen LogP contribution in [-0.4, -0.2) is 51.8 Å². The van der Waals surface area contributed by atoms with Gasteiger partial charge in [0.1, 0.15) is 0 Å². The second kappa shape index (κ2) is 13.1. The van der Waals surface area contributed by atoms with Crippen LogP contribution in [0.3, 0.4) is 0 Å². The van der Waals surface area contributed by atoms with E-state index in [-0.39, 0.29) is 4.90 Å². The van der Waals surface area contributed by atoms with Gasteiger partial charge in [0.05, 0.1) is 16.7 Å². The molecule has 0 bridgehead atoms. The zero-order valence-electron chi connectivity index (χ0n) is 22.4. The number of hydrogen-bond acceptors (Lipinski definition) is 8. The zero-order valence-corrected chi connectivity index (χ0v) is 23.2. The van der Waals surface area contributed by atoms with Crippen LogP contribution in [0.15, 0.2) is 78.0 Å². The second-order valence-corrected chi connectivity index (χ2v) is 11.9. The number of tetrazole rings is 1. The van der Waals surface area contributed by atoms with Crippen LogP contribution in [0.1, 0.15) is 55.2 Å². The van der Waals surface area contributed by atoms with Crippen LogP contribution < -0.4 is 10.0 Å². The molecule has 0 radical (unpaired) electrons. The van der Waals surface area contributed by atoms with Crippen LogP contribution in [0.2, 0.25) is 0 Å². The van der Waals surface area contributed by atoms with Gasteiger partial charge in [-0.15, -0.1) is 15.0 Å². The zero-order chi connectivity index (χ0) is 27.8. The summed E-state index contributed by atoms with van der Waals surface area (Å²) in [5.41, 5.74) is 2.97. The Morgan fingerprint density at radius 2 is 1.77 bits per heavy atom. The number of nitrogens with one attached hydrogen (secondary N) is 2. The number of rotatable bonds is 13. The van der Waals surface area contributed by atoms with Gasteiger partial charge in [-0.2, -0.15) is 0 Å². The van der Waals surface area contributed by atoms with Crippen LogP contribution >= 0.6 is 0 Å². The van der Waals surface area contributed by atoms with Gasteiger partial charge in [-0.05, 0) is 78.5 Å². The Balaban J connectivity index is 1.10. The Bertz CT molecular complexity index is 1450. The number of aliphatic hydroxyl groups excluding tert-OH is 1. The quantitative estimate of drug-likeness (QED) is 0.210. The molecule has 1 aliphatic rings. The maximum atomic E-state index is 12.9. The molecule has 2 aromatic carbocycles. The lowest BCUT2D eigenvalue weighted by Crippen LogP contribution is -2.23. The summed E-state index contributed by atoms with van der Waals surface area (Å²) < 4.78 is 28.5. The average molecular weight is 562 g/mol. The van der Waals surface area contributed by atoms with Crippen molar-refractivity contribution < 1.29 is 13.5 Å². The van der Waals surface area contributed by atoms with Gasteiger partial charge in [0, 0.05) is 36.6 Å². The molecular weight excluding hydrogens is 526 g/mol. The molecule has 1 fully saturated rings. The number of aliphatic hydroxyl groups is 1. The minimum absolute atomic E-state index is 0.151. The minimum atomic E-state index is -3.76. The molecule has 0 aliphatic heterocycles. The summed E-state index contributed by atoms with van der Waals surface area (Å²) in [6.07, 6.45) is 10.6. The standard InChI is InChI=1S/C29H35N7O3S/c37-28(24-6-3-18-30-20-24)21-31-19-17-23-7-10-25(11-8-23)34-40(38,39)27-14-12-26(13-15-27)36-33-29(32-35-36)16-9-22-4-1-2-5-22/h3,6-8,10-15,18,20,22,28,31,34,37H,1-2,4-5,9,16-17,19,21H2. The smallest absolute Gasteiger partial charge is 0.261 e. The van der Waals surface area contributed by atoms with Gasteiger partial charge in [-0.1, -0.05) is 43.9 Å². The Kier molecular flexibility index (Phi) is 9.15. The van der Waals surface area contributed by atoms with Crippen molar-refractivity contribution in [1.29, 1.82) is 0 Å². The number of sulfonamides is 1. The van der Waals surface area contributed by atoms with Crippen molar-refractivity contribution in [3.05, 3.63) is 90.0 Å². The monoisotopic (exact) mass is 561 g/mol. The maximum Gasteiger partial charge on any atom is 0.261 e. The van der Waals surface area contributed by atoms with Crippen LogP contribution in [0.4, 0.5) is 5.69 Å². The first-order valence-electron chi connectivity index (χ1n) is 13.8. The molecule has 3 N–H and O–H groups in total. The highest BCUT2D eigenvalue weighted by Crippen LogP contribution is 2.28. The SMILES string of the molecule is O=S(=O)(Nc1ccc(CCNCC(O)c2cccnc2)cc1)c1ccc(-n2nnc(CCC3CCCC3)n2)cc1. The van der Waals surface area contributed by atoms with E-state index in [1.165, 1.54) is 30.5 Å². The summed E-state index contributed by atoms with van der Waals surface area (Å²) in [7, 11) is -3.76. The first-order valence-corrected chi connectivity index (χ1v) is 15.2. The molecule has 1 unspecified atom stereocenters. The molecule has 2 heterocycles. The van der Waals surface area contributed by atoms with Crippen molar-refractivity contribution in [2.45, 2.75) is 55.9 Å². The Labute approximate surface area is 234 Å². The molecular formula is C29H35N7O3S. The molecule has 11 heteroatoms. The van der Waals surface area contributed by atoms with E-state index in [9.17, 15) is 13.5 Å². The topological polar surface area (TPSA) is 135 Å². The Hall–Kier alpha value is -3.67. The van der Waals surface area contributed by atoms with Crippen molar-refractivity contribution >= 4 is 15.7 Å². The van der Waals surface area contributed by atoms with E-state index in [0.29, 0.717) is 30.3 Å². The maximum absolute atomic E-state index is 12.9. The van der Waals surface area contributed by atoms with Crippen molar-refractivity contribution in [1.82, 2.24) is 30.5 Å². The number of aromatic nitrogens is 5. The second-order valence-electron chi connectivity index (χ2n) is 10.2. The molecule has 2 aromatic heterocycles. The van der Waals surface area contributed by atoms with Crippen LogP contribution in [0, 0.1) is 5.92 Å². The van der Waals surface area contributed by atoms with Crippen molar-refractivity contribution in [3.63, 3.8) is 0 Å². The van der Waals surface area contributed by atoms with E-state index in [1.54, 1.807) is 54.9 Å². The van der Waals surface area contributed by atoms with Crippen molar-refractivity contribution in [3.8, 4) is 5.69 Å². The third kappa shape index (κ3) is 7.50. The predicted octanol–water partition coefficient (Wildman–Crippen LogP) is 3.85. The fourth-order valence-corrected chi connectivity index (χ4v) is 6.02. The molecule has 5 rings (SSSR count). The lowest BCUT2D eigenvalue weighted by molar-refractivity contribution is 0.174. The molecule has 1 saturated carbocycles. The summed E-state index contributed by atoms with van der Waals surface area (Å²) in [5.74, 6) is 1.48. The van der Waals surface area contributed by atoms with E-state index in [1.807, 2.05) is 18.2 Å². The first kappa shape index (κ1) is 27.9. The third-order valence-electron chi connectivity index (χ3n) is 7.29. The molecule has 0 amide bonds. The molecule has 210 valence electrons. The lowest BCUT2D eigenvalue weighted by Gasteiger charge is -2.12. The predicted molar refractivity (Wildman–Crippen MR) is 152 cm³/mol. The van der Waals surface area contributed by atoms with Gasteiger partial charge in [-0.25, -0.2) is 8.42 Å². The van der Waals surface area contributed by atoms with E-state index in [0.717, 1.165) is 36.3 Å². The fraction of sp³-hybridized carbons (Fsp3) is 0.379. The molecule has 10 nitrogen and oxygen atoms in total. The number of anilines is 1. The van der Waals surface area contributed by atoms with E-state index < -0.39 is 16.1 Å². The molecule has 0 spiro atoms. The Morgan fingerprint density at radius 1 is 1.00 bits per heavy atom. The fourth-order valence-electron chi connectivity index (χ4n) is 4.96. The van der Waals surface area contributed by atoms with Gasteiger partial charge in [-0.3, -0.25) is 9.71 Å². The average Bonchev–Trinajstić information content (AvgIpc) is 3.68. The number of nitrogens with zero attached hydrogens (tertiary/aromatic N) is 5. The van der Waals surface area contributed by atoms with Crippen LogP contribution in [0.25, 0.3) is 5.69 Å². The summed E-state index contributed by atoms with van der Waals surface area (Å²) in [6, 6.07) is 17.4. The number of hydrogen-bond donors (Lipinski definition) is 3. The number of benzene rings is 2. The molecule has 0 saturated heterocycles. The molecule has 1 atom stereocenters. The van der Waals surface area contributed by atoms with Crippen molar-refractivity contribution in [2.75, 3.05) is 17.8 Å². The summed E-state index contributed by atoms with van der Waals surface area (Å²) in [4.78, 5) is 5.62.